The first-order chi connectivity index (χ1) is 9.11. The van der Waals surface area contributed by atoms with E-state index >= 15 is 0 Å². The van der Waals surface area contributed by atoms with Crippen molar-refractivity contribution in [2.75, 3.05) is 23.9 Å². The molecule has 2 N–H and O–H groups in total. The molecule has 19 heavy (non-hydrogen) atoms. The highest BCUT2D eigenvalue weighted by Gasteiger charge is 2.14. The van der Waals surface area contributed by atoms with Crippen molar-refractivity contribution < 1.29 is 0 Å². The van der Waals surface area contributed by atoms with Crippen LogP contribution in [0.1, 0.15) is 18.5 Å². The molecule has 2 aromatic rings. The number of anilines is 2. The zero-order valence-corrected chi connectivity index (χ0v) is 12.2. The van der Waals surface area contributed by atoms with Gasteiger partial charge in [-0.25, -0.2) is 9.97 Å². The first-order valence-corrected chi connectivity index (χ1v) is 7.28. The van der Waals surface area contributed by atoms with Crippen molar-refractivity contribution in [1.29, 1.82) is 0 Å². The standard InChI is InChI=1S/C14H18N4S/c1-10(11-5-4-6-12(15)7-11)18(2)13-8-14(19-3)17-9-16-13/h4-10H,15H2,1-3H3. The van der Waals surface area contributed by atoms with Gasteiger partial charge in [-0.3, -0.25) is 0 Å². The second kappa shape index (κ2) is 5.93. The number of nitrogens with two attached hydrogens (primary N) is 1. The Bertz CT molecular complexity index is 559. The molecular formula is C14H18N4S. The van der Waals surface area contributed by atoms with E-state index in [1.807, 2.05) is 37.6 Å². The molecule has 100 valence electrons. The zero-order valence-electron chi connectivity index (χ0n) is 11.4. The van der Waals surface area contributed by atoms with Crippen LogP contribution in [0.15, 0.2) is 41.7 Å². The van der Waals surface area contributed by atoms with Crippen molar-refractivity contribution >= 4 is 23.3 Å². The second-order valence-electron chi connectivity index (χ2n) is 4.38. The van der Waals surface area contributed by atoms with Crippen molar-refractivity contribution in [1.82, 2.24) is 9.97 Å². The lowest BCUT2D eigenvalue weighted by Gasteiger charge is -2.26. The number of nitrogens with zero attached hydrogens (tertiary/aromatic N) is 3. The first-order valence-electron chi connectivity index (χ1n) is 6.06. The van der Waals surface area contributed by atoms with Crippen LogP contribution in [-0.2, 0) is 0 Å². The van der Waals surface area contributed by atoms with Gasteiger partial charge >= 0.3 is 0 Å². The molecule has 1 atom stereocenters. The molecule has 1 unspecified atom stereocenters. The number of rotatable bonds is 4. The fourth-order valence-electron chi connectivity index (χ4n) is 1.88. The third-order valence-electron chi connectivity index (χ3n) is 3.17. The van der Waals surface area contributed by atoms with E-state index in [9.17, 15) is 0 Å². The van der Waals surface area contributed by atoms with Gasteiger partial charge in [-0.05, 0) is 30.9 Å². The van der Waals surface area contributed by atoms with Crippen LogP contribution in [0, 0.1) is 0 Å². The highest BCUT2D eigenvalue weighted by Crippen LogP contribution is 2.26. The van der Waals surface area contributed by atoms with Crippen LogP contribution in [0.4, 0.5) is 11.5 Å². The summed E-state index contributed by atoms with van der Waals surface area (Å²) in [4.78, 5) is 10.6. The lowest BCUT2D eigenvalue weighted by Crippen LogP contribution is -2.22. The van der Waals surface area contributed by atoms with Crippen LogP contribution in [-0.4, -0.2) is 23.3 Å². The number of hydrogen-bond donors (Lipinski definition) is 1. The predicted octanol–water partition coefficient (Wildman–Crippen LogP) is 2.98. The third kappa shape index (κ3) is 3.17. The summed E-state index contributed by atoms with van der Waals surface area (Å²) in [5.41, 5.74) is 7.79. The van der Waals surface area contributed by atoms with Gasteiger partial charge in [0, 0.05) is 18.8 Å². The van der Waals surface area contributed by atoms with Gasteiger partial charge in [0.2, 0.25) is 0 Å². The number of hydrogen-bond acceptors (Lipinski definition) is 5. The average Bonchev–Trinajstić information content (AvgIpc) is 2.45. The molecule has 0 aliphatic rings. The minimum absolute atomic E-state index is 0.202. The monoisotopic (exact) mass is 274 g/mol. The van der Waals surface area contributed by atoms with E-state index in [-0.39, 0.29) is 6.04 Å². The minimum atomic E-state index is 0.202. The van der Waals surface area contributed by atoms with E-state index < -0.39 is 0 Å². The van der Waals surface area contributed by atoms with Gasteiger partial charge in [0.15, 0.2) is 0 Å². The Morgan fingerprint density at radius 2 is 2.05 bits per heavy atom. The van der Waals surface area contributed by atoms with Crippen molar-refractivity contribution in [2.45, 2.75) is 18.0 Å². The molecule has 0 saturated heterocycles. The summed E-state index contributed by atoms with van der Waals surface area (Å²) in [7, 11) is 2.03. The first kappa shape index (κ1) is 13.7. The molecule has 1 aromatic carbocycles. The SMILES string of the molecule is CSc1cc(N(C)C(C)c2cccc(N)c2)ncn1. The van der Waals surface area contributed by atoms with Crippen LogP contribution in [0.3, 0.4) is 0 Å². The number of thioether (sulfide) groups is 1. The van der Waals surface area contributed by atoms with E-state index in [1.165, 1.54) is 5.56 Å². The van der Waals surface area contributed by atoms with E-state index in [1.54, 1.807) is 18.1 Å². The Labute approximate surface area is 118 Å². The second-order valence-corrected chi connectivity index (χ2v) is 5.20. The van der Waals surface area contributed by atoms with Gasteiger partial charge in [0.1, 0.15) is 17.2 Å². The molecule has 5 heteroatoms. The molecule has 1 aromatic heterocycles. The Morgan fingerprint density at radius 1 is 1.26 bits per heavy atom. The summed E-state index contributed by atoms with van der Waals surface area (Å²) in [6.07, 6.45) is 3.61. The van der Waals surface area contributed by atoms with E-state index in [0.29, 0.717) is 0 Å². The Morgan fingerprint density at radius 3 is 2.74 bits per heavy atom. The normalized spacial score (nSPS) is 12.2. The quantitative estimate of drug-likeness (QED) is 0.528. The van der Waals surface area contributed by atoms with Crippen molar-refractivity contribution in [3.8, 4) is 0 Å². The van der Waals surface area contributed by atoms with Crippen molar-refractivity contribution in [3.05, 3.63) is 42.2 Å². The molecule has 0 aliphatic carbocycles. The molecule has 0 bridgehead atoms. The fourth-order valence-corrected chi connectivity index (χ4v) is 2.25. The van der Waals surface area contributed by atoms with Crippen LogP contribution in [0.2, 0.25) is 0 Å². The topological polar surface area (TPSA) is 55.0 Å². The predicted molar refractivity (Wildman–Crippen MR) is 81.5 cm³/mol. The molecule has 0 amide bonds. The molecule has 2 rings (SSSR count). The highest BCUT2D eigenvalue weighted by atomic mass is 32.2. The van der Waals surface area contributed by atoms with Crippen LogP contribution in [0.5, 0.6) is 0 Å². The van der Waals surface area contributed by atoms with Gasteiger partial charge in [0.25, 0.3) is 0 Å². The van der Waals surface area contributed by atoms with Crippen LogP contribution in [0.25, 0.3) is 0 Å². The summed E-state index contributed by atoms with van der Waals surface area (Å²) in [6, 6.07) is 10.1. The number of benzene rings is 1. The number of nitrogen functional groups attached to an aromatic ring is 1. The molecule has 0 radical (unpaired) electrons. The Kier molecular flexibility index (Phi) is 4.27. The molecule has 1 heterocycles. The summed E-state index contributed by atoms with van der Waals surface area (Å²) < 4.78 is 0. The van der Waals surface area contributed by atoms with Crippen LogP contribution >= 0.6 is 11.8 Å². The molecule has 0 saturated carbocycles. The van der Waals surface area contributed by atoms with Crippen LogP contribution < -0.4 is 10.6 Å². The number of aromatic nitrogens is 2. The van der Waals surface area contributed by atoms with E-state index in [2.05, 4.69) is 27.9 Å². The van der Waals surface area contributed by atoms with E-state index in [4.69, 9.17) is 5.73 Å². The largest absolute Gasteiger partial charge is 0.399 e. The molecule has 0 aliphatic heterocycles. The summed E-state index contributed by atoms with van der Waals surface area (Å²) >= 11 is 1.61. The third-order valence-corrected chi connectivity index (χ3v) is 3.81. The van der Waals surface area contributed by atoms with Gasteiger partial charge < -0.3 is 10.6 Å². The smallest absolute Gasteiger partial charge is 0.133 e. The Balaban J connectivity index is 2.25. The van der Waals surface area contributed by atoms with Crippen molar-refractivity contribution in [2.24, 2.45) is 0 Å². The van der Waals surface area contributed by atoms with Gasteiger partial charge in [-0.1, -0.05) is 12.1 Å². The zero-order chi connectivity index (χ0) is 13.8. The average molecular weight is 274 g/mol. The molecule has 0 spiro atoms. The summed E-state index contributed by atoms with van der Waals surface area (Å²) in [6.45, 7) is 2.13. The highest BCUT2D eigenvalue weighted by molar-refractivity contribution is 7.98. The van der Waals surface area contributed by atoms with E-state index in [0.717, 1.165) is 16.5 Å². The molecule has 4 nitrogen and oxygen atoms in total. The maximum absolute atomic E-state index is 5.83. The maximum atomic E-state index is 5.83. The van der Waals surface area contributed by atoms with Crippen molar-refractivity contribution in [3.63, 3.8) is 0 Å². The molecule has 0 fully saturated rings. The Hall–Kier alpha value is -1.75. The summed E-state index contributed by atoms with van der Waals surface area (Å²) in [5.74, 6) is 0.911. The maximum Gasteiger partial charge on any atom is 0.133 e. The van der Waals surface area contributed by atoms with Gasteiger partial charge in [-0.2, -0.15) is 0 Å². The summed E-state index contributed by atoms with van der Waals surface area (Å²) in [5, 5.41) is 0.969. The minimum Gasteiger partial charge on any atom is -0.399 e. The van der Waals surface area contributed by atoms with Gasteiger partial charge in [-0.15, -0.1) is 11.8 Å². The lowest BCUT2D eigenvalue weighted by molar-refractivity contribution is 0.724. The lowest BCUT2D eigenvalue weighted by atomic mass is 10.1. The molecular weight excluding hydrogens is 256 g/mol. The van der Waals surface area contributed by atoms with Gasteiger partial charge in [0.05, 0.1) is 6.04 Å². The fraction of sp³-hybridized carbons (Fsp3) is 0.286.